The van der Waals surface area contributed by atoms with Crippen molar-refractivity contribution in [3.8, 4) is 0 Å². The van der Waals surface area contributed by atoms with E-state index in [4.69, 9.17) is 0 Å². The number of likely N-dealkylation sites (N-methyl/N-ethyl adjacent to an activating group) is 2. The van der Waals surface area contributed by atoms with Gasteiger partial charge in [-0.1, -0.05) is 0 Å². The molecule has 0 aromatic carbocycles. The summed E-state index contributed by atoms with van der Waals surface area (Å²) in [6, 6.07) is 0. The van der Waals surface area contributed by atoms with Gasteiger partial charge in [-0.15, -0.1) is 0 Å². The van der Waals surface area contributed by atoms with Gasteiger partial charge >= 0.3 is 11.8 Å². The molecule has 0 aromatic rings. The molecule has 18 heavy (non-hydrogen) atoms. The van der Waals surface area contributed by atoms with Crippen molar-refractivity contribution in [2.24, 2.45) is 0 Å². The van der Waals surface area contributed by atoms with Gasteiger partial charge in [0.05, 0.1) is 68.5 Å². The van der Waals surface area contributed by atoms with E-state index in [0.717, 1.165) is 22.1 Å². The van der Waals surface area contributed by atoms with Crippen LogP contribution in [0.15, 0.2) is 0 Å². The van der Waals surface area contributed by atoms with E-state index in [1.54, 1.807) is 0 Å². The highest BCUT2D eigenvalue weighted by Crippen LogP contribution is 1.87. The van der Waals surface area contributed by atoms with Crippen LogP contribution in [0.4, 0.5) is 0 Å². The highest BCUT2D eigenvalue weighted by Gasteiger charge is 2.15. The third-order valence-corrected chi connectivity index (χ3v) is 2.34. The Labute approximate surface area is 110 Å². The van der Waals surface area contributed by atoms with E-state index in [-0.39, 0.29) is 0 Å². The molecule has 2 N–H and O–H groups in total. The summed E-state index contributed by atoms with van der Waals surface area (Å²) in [5.41, 5.74) is 0. The zero-order valence-corrected chi connectivity index (χ0v) is 12.5. The Morgan fingerprint density at radius 2 is 1.00 bits per heavy atom. The zero-order valence-electron chi connectivity index (χ0n) is 12.5. The van der Waals surface area contributed by atoms with E-state index in [0.29, 0.717) is 13.1 Å². The lowest BCUT2D eigenvalue weighted by Gasteiger charge is -2.24. The third kappa shape index (κ3) is 10.0. The number of rotatable bonds is 6. The summed E-state index contributed by atoms with van der Waals surface area (Å²) in [5.74, 6) is -1.10. The van der Waals surface area contributed by atoms with Crippen molar-refractivity contribution in [1.29, 1.82) is 0 Å². The third-order valence-electron chi connectivity index (χ3n) is 2.34. The topological polar surface area (TPSA) is 58.2 Å². The molecule has 0 atom stereocenters. The molecule has 0 aromatic heterocycles. The fraction of sp³-hybridized carbons (Fsp3) is 0.833. The molecule has 0 aliphatic carbocycles. The van der Waals surface area contributed by atoms with E-state index < -0.39 is 11.8 Å². The molecule has 6 heteroatoms. The largest absolute Gasteiger partial charge is 0.342 e. The average Bonchev–Trinajstić information content (AvgIpc) is 2.13. The van der Waals surface area contributed by atoms with Crippen LogP contribution < -0.4 is 10.6 Å². The van der Waals surface area contributed by atoms with Crippen LogP contribution in [0.2, 0.25) is 0 Å². The van der Waals surface area contributed by atoms with Gasteiger partial charge in [-0.2, -0.15) is 0 Å². The van der Waals surface area contributed by atoms with Crippen LogP contribution in [-0.2, 0) is 9.59 Å². The molecule has 0 radical (unpaired) electrons. The molecule has 0 aliphatic heterocycles. The molecule has 0 unspecified atom stereocenters. The van der Waals surface area contributed by atoms with Crippen molar-refractivity contribution in [2.45, 2.75) is 0 Å². The first-order chi connectivity index (χ1) is 8.01. The molecule has 0 bridgehead atoms. The maximum Gasteiger partial charge on any atom is 0.309 e. The maximum atomic E-state index is 11.4. The molecule has 0 heterocycles. The van der Waals surface area contributed by atoms with Gasteiger partial charge in [0.2, 0.25) is 0 Å². The SMILES string of the molecule is C[N+](C)(C)CCNC(=O)C(=O)NCC[N+](C)(C)C. The highest BCUT2D eigenvalue weighted by atomic mass is 16.2. The van der Waals surface area contributed by atoms with Crippen molar-refractivity contribution < 1.29 is 18.6 Å². The zero-order chi connectivity index (χ0) is 14.4. The minimum atomic E-state index is -0.551. The van der Waals surface area contributed by atoms with Gasteiger partial charge in [0.15, 0.2) is 0 Å². The van der Waals surface area contributed by atoms with Crippen molar-refractivity contribution in [1.82, 2.24) is 10.6 Å². The monoisotopic (exact) mass is 260 g/mol. The average molecular weight is 260 g/mol. The number of nitrogens with one attached hydrogen (secondary N) is 2. The van der Waals surface area contributed by atoms with Crippen molar-refractivity contribution in [3.05, 3.63) is 0 Å². The minimum absolute atomic E-state index is 0.505. The smallest absolute Gasteiger partial charge is 0.309 e. The number of carbonyl (C=O) groups is 2. The molecular weight excluding hydrogens is 232 g/mol. The minimum Gasteiger partial charge on any atom is -0.342 e. The Bertz CT molecular complexity index is 259. The van der Waals surface area contributed by atoms with Gasteiger partial charge in [0, 0.05) is 0 Å². The maximum absolute atomic E-state index is 11.4. The van der Waals surface area contributed by atoms with Crippen molar-refractivity contribution in [3.63, 3.8) is 0 Å². The molecule has 0 spiro atoms. The number of carbonyl (C=O) groups excluding carboxylic acids is 2. The number of nitrogens with zero attached hydrogens (tertiary/aromatic N) is 2. The fourth-order valence-corrected chi connectivity index (χ4v) is 1.17. The van der Waals surface area contributed by atoms with E-state index in [1.165, 1.54) is 0 Å². The highest BCUT2D eigenvalue weighted by molar-refractivity contribution is 6.35. The van der Waals surface area contributed by atoms with Crippen LogP contribution in [0.25, 0.3) is 0 Å². The summed E-state index contributed by atoms with van der Waals surface area (Å²) in [5, 5.41) is 5.23. The molecule has 0 saturated heterocycles. The molecule has 0 aliphatic rings. The second kappa shape index (κ2) is 6.70. The summed E-state index contributed by atoms with van der Waals surface area (Å²) in [7, 11) is 12.2. The van der Waals surface area contributed by atoms with Crippen LogP contribution in [-0.4, -0.2) is 89.2 Å². The lowest BCUT2D eigenvalue weighted by Crippen LogP contribution is -2.48. The number of quaternary nitrogens is 2. The first kappa shape index (κ1) is 16.9. The Morgan fingerprint density at radius 1 is 0.722 bits per heavy atom. The first-order valence-electron chi connectivity index (χ1n) is 6.18. The van der Waals surface area contributed by atoms with Gasteiger partial charge < -0.3 is 19.6 Å². The molecule has 106 valence electrons. The van der Waals surface area contributed by atoms with Crippen LogP contribution in [0.1, 0.15) is 0 Å². The summed E-state index contributed by atoms with van der Waals surface area (Å²) in [4.78, 5) is 22.9. The van der Waals surface area contributed by atoms with Gasteiger partial charge in [0.1, 0.15) is 0 Å². The van der Waals surface area contributed by atoms with Crippen LogP contribution in [0.5, 0.6) is 0 Å². The lowest BCUT2D eigenvalue weighted by molar-refractivity contribution is -0.869. The summed E-state index contributed by atoms with van der Waals surface area (Å²) >= 11 is 0. The van der Waals surface area contributed by atoms with Crippen molar-refractivity contribution >= 4 is 11.8 Å². The van der Waals surface area contributed by atoms with Crippen LogP contribution >= 0.6 is 0 Å². The van der Waals surface area contributed by atoms with Gasteiger partial charge in [0.25, 0.3) is 0 Å². The molecule has 2 amide bonds. The predicted molar refractivity (Wildman–Crippen MR) is 71.8 cm³/mol. The second-order valence-electron chi connectivity index (χ2n) is 6.54. The summed E-state index contributed by atoms with van der Waals surface area (Å²) in [6.07, 6.45) is 0. The Hall–Kier alpha value is -1.14. The normalized spacial score (nSPS) is 12.1. The summed E-state index contributed by atoms with van der Waals surface area (Å²) < 4.78 is 1.51. The molecule has 0 fully saturated rings. The molecular formula is C12H28N4O2+2. The Morgan fingerprint density at radius 3 is 1.22 bits per heavy atom. The molecule has 0 rings (SSSR count). The van der Waals surface area contributed by atoms with E-state index in [1.807, 2.05) is 42.3 Å². The lowest BCUT2D eigenvalue weighted by atomic mass is 10.4. The van der Waals surface area contributed by atoms with E-state index in [9.17, 15) is 9.59 Å². The molecule has 0 saturated carbocycles. The first-order valence-corrected chi connectivity index (χ1v) is 6.18. The van der Waals surface area contributed by atoms with Gasteiger partial charge in [-0.05, 0) is 0 Å². The van der Waals surface area contributed by atoms with Crippen molar-refractivity contribution in [2.75, 3.05) is 68.5 Å². The van der Waals surface area contributed by atoms with Crippen LogP contribution in [0, 0.1) is 0 Å². The summed E-state index contributed by atoms with van der Waals surface area (Å²) in [6.45, 7) is 2.59. The number of hydrogen-bond donors (Lipinski definition) is 2. The quantitative estimate of drug-likeness (QED) is 0.457. The Kier molecular flexibility index (Phi) is 6.28. The number of hydrogen-bond acceptors (Lipinski definition) is 2. The Balaban J connectivity index is 3.81. The van der Waals surface area contributed by atoms with Crippen LogP contribution in [0.3, 0.4) is 0 Å². The number of amides is 2. The predicted octanol–water partition coefficient (Wildman–Crippen LogP) is -1.37. The van der Waals surface area contributed by atoms with Gasteiger partial charge in [-0.3, -0.25) is 9.59 Å². The van der Waals surface area contributed by atoms with E-state index in [2.05, 4.69) is 10.6 Å². The van der Waals surface area contributed by atoms with E-state index >= 15 is 0 Å². The standard InChI is InChI=1S/C12H26N4O2/c1-15(2,3)9-7-13-11(17)12(18)14-8-10-16(4,5)6/h7-10H2,1-6H3/p+2. The van der Waals surface area contributed by atoms with Gasteiger partial charge in [-0.25, -0.2) is 0 Å². The fourth-order valence-electron chi connectivity index (χ4n) is 1.17. The molecule has 6 nitrogen and oxygen atoms in total. The second-order valence-corrected chi connectivity index (χ2v) is 6.54.